The van der Waals surface area contributed by atoms with Gasteiger partial charge in [-0.1, -0.05) is 17.3 Å². The zero-order chi connectivity index (χ0) is 19.2. The molecule has 0 fully saturated rings. The number of carbonyl (C=O) groups is 1. The zero-order valence-corrected chi connectivity index (χ0v) is 13.8. The fourth-order valence-corrected chi connectivity index (χ4v) is 1.87. The van der Waals surface area contributed by atoms with Crippen molar-refractivity contribution in [1.29, 1.82) is 0 Å². The van der Waals surface area contributed by atoms with E-state index in [2.05, 4.69) is 10.1 Å². The van der Waals surface area contributed by atoms with Crippen molar-refractivity contribution in [2.45, 2.75) is 19.7 Å². The van der Waals surface area contributed by atoms with Crippen LogP contribution in [-0.2, 0) is 22.4 Å². The minimum Gasteiger partial charge on any atom is -0.468 e. The third-order valence-corrected chi connectivity index (χ3v) is 3.23. The van der Waals surface area contributed by atoms with Gasteiger partial charge in [0, 0.05) is 17.8 Å². The third kappa shape index (κ3) is 5.76. The van der Waals surface area contributed by atoms with Crippen molar-refractivity contribution in [3.05, 3.63) is 59.3 Å². The molecule has 0 saturated heterocycles. The van der Waals surface area contributed by atoms with Crippen LogP contribution >= 0.6 is 0 Å². The smallest absolute Gasteiger partial charge is 0.416 e. The highest BCUT2D eigenvalue weighted by Crippen LogP contribution is 2.29. The van der Waals surface area contributed by atoms with Crippen molar-refractivity contribution < 1.29 is 27.5 Å². The van der Waals surface area contributed by atoms with Crippen molar-refractivity contribution in [1.82, 2.24) is 4.98 Å². The number of carbonyl (C=O) groups excluding carboxylic acids is 1. The molecule has 1 heterocycles. The molecule has 9 heteroatoms. The van der Waals surface area contributed by atoms with Crippen molar-refractivity contribution >= 4 is 11.6 Å². The second-order valence-corrected chi connectivity index (χ2v) is 5.28. The maximum atomic E-state index is 12.5. The highest BCUT2D eigenvalue weighted by atomic mass is 19.4. The van der Waals surface area contributed by atoms with Crippen molar-refractivity contribution in [2.75, 3.05) is 6.61 Å². The molecular formula is C17H16F3N3O3. The molecule has 0 bridgehead atoms. The van der Waals surface area contributed by atoms with Crippen LogP contribution in [0.4, 0.5) is 13.2 Å². The predicted octanol–water partition coefficient (Wildman–Crippen LogP) is 2.91. The molecule has 0 atom stereocenters. The summed E-state index contributed by atoms with van der Waals surface area (Å²) in [5.74, 6) is -0.365. The lowest BCUT2D eigenvalue weighted by Gasteiger charge is -2.07. The quantitative estimate of drug-likeness (QED) is 0.602. The van der Waals surface area contributed by atoms with Crippen LogP contribution in [0.1, 0.15) is 23.6 Å². The Hall–Kier alpha value is -3.10. The minimum absolute atomic E-state index is 0.0305. The third-order valence-electron chi connectivity index (χ3n) is 3.23. The number of benzene rings is 1. The number of primary amides is 1. The lowest BCUT2D eigenvalue weighted by Crippen LogP contribution is -2.20. The summed E-state index contributed by atoms with van der Waals surface area (Å²) in [6, 6.07) is 7.87. The van der Waals surface area contributed by atoms with Gasteiger partial charge in [0.25, 0.3) is 5.91 Å². The number of halogens is 3. The van der Waals surface area contributed by atoms with Crippen LogP contribution in [0, 0.1) is 0 Å². The van der Waals surface area contributed by atoms with E-state index >= 15 is 0 Å². The summed E-state index contributed by atoms with van der Waals surface area (Å²) in [6.07, 6.45) is -2.88. The Balaban J connectivity index is 1.90. The SMILES string of the molecule is CC(=NOCc1ccc(C(F)(F)F)cc1)c1ccc(OCC(N)=O)nc1. The van der Waals surface area contributed by atoms with Crippen LogP contribution < -0.4 is 10.5 Å². The summed E-state index contributed by atoms with van der Waals surface area (Å²) in [5, 5.41) is 3.90. The summed E-state index contributed by atoms with van der Waals surface area (Å²) >= 11 is 0. The maximum absolute atomic E-state index is 12.5. The molecule has 138 valence electrons. The second kappa shape index (κ2) is 8.32. The minimum atomic E-state index is -4.37. The Bertz CT molecular complexity index is 773. The van der Waals surface area contributed by atoms with Gasteiger partial charge in [-0.25, -0.2) is 4.98 Å². The van der Waals surface area contributed by atoms with E-state index in [1.807, 2.05) is 0 Å². The first kappa shape index (κ1) is 19.2. The number of oxime groups is 1. The molecule has 0 radical (unpaired) electrons. The van der Waals surface area contributed by atoms with E-state index in [1.165, 1.54) is 18.3 Å². The van der Waals surface area contributed by atoms with Crippen LogP contribution in [0.3, 0.4) is 0 Å². The van der Waals surface area contributed by atoms with Gasteiger partial charge >= 0.3 is 6.18 Å². The number of amides is 1. The summed E-state index contributed by atoms with van der Waals surface area (Å²) in [4.78, 5) is 19.8. The van der Waals surface area contributed by atoms with E-state index in [9.17, 15) is 18.0 Å². The first-order valence-corrected chi connectivity index (χ1v) is 7.46. The average Bonchev–Trinajstić information content (AvgIpc) is 2.60. The van der Waals surface area contributed by atoms with Crippen LogP contribution in [0.15, 0.2) is 47.8 Å². The molecule has 0 saturated carbocycles. The molecule has 2 N–H and O–H groups in total. The van der Waals surface area contributed by atoms with E-state index in [-0.39, 0.29) is 19.1 Å². The normalized spacial score (nSPS) is 11.9. The summed E-state index contributed by atoms with van der Waals surface area (Å²) in [6.45, 7) is 1.45. The Morgan fingerprint density at radius 2 is 1.88 bits per heavy atom. The largest absolute Gasteiger partial charge is 0.468 e. The van der Waals surface area contributed by atoms with Gasteiger partial charge in [0.2, 0.25) is 5.88 Å². The molecule has 26 heavy (non-hydrogen) atoms. The Morgan fingerprint density at radius 3 is 2.42 bits per heavy atom. The van der Waals surface area contributed by atoms with Gasteiger partial charge < -0.3 is 15.3 Å². The van der Waals surface area contributed by atoms with Gasteiger partial charge in [0.1, 0.15) is 6.61 Å². The van der Waals surface area contributed by atoms with Gasteiger partial charge in [-0.15, -0.1) is 0 Å². The number of hydrogen-bond donors (Lipinski definition) is 1. The molecule has 0 unspecified atom stereocenters. The lowest BCUT2D eigenvalue weighted by atomic mass is 10.1. The number of alkyl halides is 3. The van der Waals surface area contributed by atoms with Crippen molar-refractivity contribution in [2.24, 2.45) is 10.9 Å². The number of pyridine rings is 1. The monoisotopic (exact) mass is 367 g/mol. The van der Waals surface area contributed by atoms with Gasteiger partial charge in [-0.2, -0.15) is 13.2 Å². The Morgan fingerprint density at radius 1 is 1.19 bits per heavy atom. The van der Waals surface area contributed by atoms with E-state index in [1.54, 1.807) is 19.1 Å². The predicted molar refractivity (Wildman–Crippen MR) is 87.4 cm³/mol. The first-order chi connectivity index (χ1) is 12.3. The number of rotatable bonds is 7. The molecule has 6 nitrogen and oxygen atoms in total. The number of ether oxygens (including phenoxy) is 1. The average molecular weight is 367 g/mol. The number of nitrogens with zero attached hydrogens (tertiary/aromatic N) is 2. The van der Waals surface area contributed by atoms with Crippen LogP contribution in [0.5, 0.6) is 5.88 Å². The first-order valence-electron chi connectivity index (χ1n) is 7.46. The molecule has 1 aromatic heterocycles. The fourth-order valence-electron chi connectivity index (χ4n) is 1.87. The molecule has 0 aliphatic rings. The van der Waals surface area contributed by atoms with Gasteiger partial charge in [-0.3, -0.25) is 4.79 Å². The number of aromatic nitrogens is 1. The Kier molecular flexibility index (Phi) is 6.16. The van der Waals surface area contributed by atoms with Gasteiger partial charge in [0.05, 0.1) is 11.3 Å². The molecule has 1 amide bonds. The Labute approximate surface area is 147 Å². The van der Waals surface area contributed by atoms with Crippen LogP contribution in [-0.4, -0.2) is 23.2 Å². The molecule has 0 spiro atoms. The highest BCUT2D eigenvalue weighted by molar-refractivity contribution is 5.98. The van der Waals surface area contributed by atoms with E-state index in [4.69, 9.17) is 15.3 Å². The molecule has 1 aromatic carbocycles. The highest BCUT2D eigenvalue weighted by Gasteiger charge is 2.29. The summed E-state index contributed by atoms with van der Waals surface area (Å²) in [5.41, 5.74) is 5.98. The zero-order valence-electron chi connectivity index (χ0n) is 13.8. The number of nitrogens with two attached hydrogens (primary N) is 1. The lowest BCUT2D eigenvalue weighted by molar-refractivity contribution is -0.137. The fraction of sp³-hybridized carbons (Fsp3) is 0.235. The van der Waals surface area contributed by atoms with Gasteiger partial charge in [-0.05, 0) is 30.7 Å². The second-order valence-electron chi connectivity index (χ2n) is 5.28. The maximum Gasteiger partial charge on any atom is 0.416 e. The van der Waals surface area contributed by atoms with E-state index in [0.717, 1.165) is 12.1 Å². The van der Waals surface area contributed by atoms with E-state index < -0.39 is 17.6 Å². The molecule has 2 rings (SSSR count). The van der Waals surface area contributed by atoms with E-state index in [0.29, 0.717) is 16.8 Å². The molecule has 0 aliphatic carbocycles. The molecular weight excluding hydrogens is 351 g/mol. The number of hydrogen-bond acceptors (Lipinski definition) is 5. The topological polar surface area (TPSA) is 86.8 Å². The standard InChI is InChI=1S/C17H16F3N3O3/c1-11(13-4-7-16(22-8-13)25-10-15(21)24)23-26-9-12-2-5-14(6-3-12)17(18,19)20/h2-8H,9-10H2,1H3,(H2,21,24). The van der Waals surface area contributed by atoms with Gasteiger partial charge in [0.15, 0.2) is 6.61 Å². The molecule has 0 aliphatic heterocycles. The summed E-state index contributed by atoms with van der Waals surface area (Å²) < 4.78 is 42.5. The molecule has 2 aromatic rings. The summed E-state index contributed by atoms with van der Waals surface area (Å²) in [7, 11) is 0. The van der Waals surface area contributed by atoms with Crippen LogP contribution in [0.25, 0.3) is 0 Å². The van der Waals surface area contributed by atoms with Crippen molar-refractivity contribution in [3.8, 4) is 5.88 Å². The van der Waals surface area contributed by atoms with Crippen molar-refractivity contribution in [3.63, 3.8) is 0 Å². The van der Waals surface area contributed by atoms with Crippen LogP contribution in [0.2, 0.25) is 0 Å².